The van der Waals surface area contributed by atoms with E-state index in [0.29, 0.717) is 18.0 Å². The van der Waals surface area contributed by atoms with Crippen molar-refractivity contribution in [2.75, 3.05) is 11.9 Å². The molecule has 3 heterocycles. The van der Waals surface area contributed by atoms with E-state index in [1.807, 2.05) is 42.3 Å². The van der Waals surface area contributed by atoms with Gasteiger partial charge in [-0.25, -0.2) is 4.98 Å². The molecule has 0 unspecified atom stereocenters. The number of pyridine rings is 1. The first-order valence-electron chi connectivity index (χ1n) is 5.96. The topological polar surface area (TPSA) is 50.8 Å². The highest BCUT2D eigenvalue weighted by Gasteiger charge is 2.08. The lowest BCUT2D eigenvalue weighted by atomic mass is 10.4. The maximum absolute atomic E-state index is 12.0. The molecule has 5 heteroatoms. The summed E-state index contributed by atoms with van der Waals surface area (Å²) in [4.78, 5) is 18.3. The van der Waals surface area contributed by atoms with Gasteiger partial charge in [0.25, 0.3) is 5.56 Å². The number of fused-ring (bicyclic) bond motifs is 1. The van der Waals surface area contributed by atoms with Crippen LogP contribution in [0.1, 0.15) is 5.76 Å². The van der Waals surface area contributed by atoms with Gasteiger partial charge >= 0.3 is 0 Å². The molecule has 3 rings (SSSR count). The second-order valence-electron chi connectivity index (χ2n) is 4.32. The van der Waals surface area contributed by atoms with Gasteiger partial charge in [-0.1, -0.05) is 6.07 Å². The number of rotatable bonds is 3. The second kappa shape index (κ2) is 4.61. The number of hydrogen-bond donors (Lipinski definition) is 0. The predicted octanol–water partition coefficient (Wildman–Crippen LogP) is 1.92. The summed E-state index contributed by atoms with van der Waals surface area (Å²) in [7, 11) is 1.88. The minimum Gasteiger partial charge on any atom is -0.467 e. The van der Waals surface area contributed by atoms with Crippen molar-refractivity contribution in [1.82, 2.24) is 9.38 Å². The Morgan fingerprint density at radius 1 is 1.32 bits per heavy atom. The molecular weight excluding hydrogens is 242 g/mol. The fourth-order valence-corrected chi connectivity index (χ4v) is 1.95. The van der Waals surface area contributed by atoms with Gasteiger partial charge in [-0.2, -0.15) is 0 Å². The van der Waals surface area contributed by atoms with Gasteiger partial charge in [0.05, 0.1) is 12.8 Å². The third kappa shape index (κ3) is 2.22. The van der Waals surface area contributed by atoms with E-state index < -0.39 is 0 Å². The van der Waals surface area contributed by atoms with Crippen molar-refractivity contribution in [1.29, 1.82) is 0 Å². The molecule has 0 aliphatic heterocycles. The zero-order valence-electron chi connectivity index (χ0n) is 10.5. The molecule has 3 aromatic rings. The Hall–Kier alpha value is -2.56. The molecule has 0 saturated carbocycles. The summed E-state index contributed by atoms with van der Waals surface area (Å²) in [6, 6.07) is 10.7. The second-order valence-corrected chi connectivity index (χ2v) is 4.32. The van der Waals surface area contributed by atoms with Crippen molar-refractivity contribution < 1.29 is 4.42 Å². The van der Waals surface area contributed by atoms with Crippen LogP contribution in [0.15, 0.2) is 58.1 Å². The quantitative estimate of drug-likeness (QED) is 0.717. The van der Waals surface area contributed by atoms with Gasteiger partial charge in [-0.05, 0) is 24.3 Å². The Morgan fingerprint density at radius 3 is 3.00 bits per heavy atom. The summed E-state index contributed by atoms with van der Waals surface area (Å²) < 4.78 is 6.81. The number of nitrogens with zero attached hydrogens (tertiary/aromatic N) is 3. The SMILES string of the molecule is CN(Cc1ccco1)c1cc(=O)n2ccccc2n1. The van der Waals surface area contributed by atoms with Crippen molar-refractivity contribution in [3.05, 3.63) is 65.0 Å². The largest absolute Gasteiger partial charge is 0.467 e. The van der Waals surface area contributed by atoms with E-state index in [1.165, 1.54) is 10.5 Å². The van der Waals surface area contributed by atoms with E-state index in [-0.39, 0.29) is 5.56 Å². The van der Waals surface area contributed by atoms with Crippen LogP contribution in [0.2, 0.25) is 0 Å². The highest BCUT2D eigenvalue weighted by Crippen LogP contribution is 2.12. The first kappa shape index (κ1) is 11.5. The van der Waals surface area contributed by atoms with Crippen LogP contribution in [0.5, 0.6) is 0 Å². The Bertz CT molecular complexity index is 747. The van der Waals surface area contributed by atoms with Gasteiger partial charge in [0, 0.05) is 19.3 Å². The smallest absolute Gasteiger partial charge is 0.259 e. The summed E-state index contributed by atoms with van der Waals surface area (Å²) in [5.41, 5.74) is 0.545. The van der Waals surface area contributed by atoms with E-state index in [1.54, 1.807) is 12.5 Å². The van der Waals surface area contributed by atoms with Crippen molar-refractivity contribution in [2.45, 2.75) is 6.54 Å². The van der Waals surface area contributed by atoms with Crippen LogP contribution in [-0.2, 0) is 6.54 Å². The van der Waals surface area contributed by atoms with Crippen LogP contribution in [0, 0.1) is 0 Å². The Morgan fingerprint density at radius 2 is 2.21 bits per heavy atom. The van der Waals surface area contributed by atoms with Crippen molar-refractivity contribution in [3.63, 3.8) is 0 Å². The normalized spacial score (nSPS) is 10.8. The third-order valence-electron chi connectivity index (χ3n) is 2.92. The van der Waals surface area contributed by atoms with E-state index in [2.05, 4.69) is 4.98 Å². The highest BCUT2D eigenvalue weighted by atomic mass is 16.3. The molecule has 3 aromatic heterocycles. The van der Waals surface area contributed by atoms with Gasteiger partial charge in [0.15, 0.2) is 0 Å². The summed E-state index contributed by atoms with van der Waals surface area (Å²) in [5, 5.41) is 0. The summed E-state index contributed by atoms with van der Waals surface area (Å²) in [6.45, 7) is 0.572. The molecule has 0 radical (unpaired) electrons. The maximum atomic E-state index is 12.0. The van der Waals surface area contributed by atoms with Crippen LogP contribution in [-0.4, -0.2) is 16.4 Å². The van der Waals surface area contributed by atoms with E-state index in [9.17, 15) is 4.79 Å². The van der Waals surface area contributed by atoms with Gasteiger partial charge in [0.1, 0.15) is 17.2 Å². The van der Waals surface area contributed by atoms with Gasteiger partial charge in [-0.3, -0.25) is 9.20 Å². The van der Waals surface area contributed by atoms with Crippen LogP contribution in [0.4, 0.5) is 5.82 Å². The molecule has 96 valence electrons. The standard InChI is InChI=1S/C14H13N3O2/c1-16(10-11-5-4-8-19-11)13-9-14(18)17-7-3-2-6-12(17)15-13/h2-9H,10H2,1H3. The lowest BCUT2D eigenvalue weighted by Gasteiger charge is -2.16. The molecule has 0 saturated heterocycles. The first-order valence-corrected chi connectivity index (χ1v) is 5.96. The molecule has 5 nitrogen and oxygen atoms in total. The van der Waals surface area contributed by atoms with Crippen molar-refractivity contribution >= 4 is 11.5 Å². The zero-order chi connectivity index (χ0) is 13.2. The number of aromatic nitrogens is 2. The predicted molar refractivity (Wildman–Crippen MR) is 72.3 cm³/mol. The molecule has 0 aromatic carbocycles. The average Bonchev–Trinajstić information content (AvgIpc) is 2.91. The van der Waals surface area contributed by atoms with Crippen LogP contribution >= 0.6 is 0 Å². The molecule has 0 amide bonds. The molecule has 0 aliphatic carbocycles. The van der Waals surface area contributed by atoms with Gasteiger partial charge in [0.2, 0.25) is 0 Å². The van der Waals surface area contributed by atoms with Crippen molar-refractivity contribution in [2.24, 2.45) is 0 Å². The van der Waals surface area contributed by atoms with E-state index in [4.69, 9.17) is 4.42 Å². The first-order chi connectivity index (χ1) is 9.24. The lowest BCUT2D eigenvalue weighted by Crippen LogP contribution is -2.22. The molecule has 0 fully saturated rings. The van der Waals surface area contributed by atoms with Gasteiger partial charge in [-0.15, -0.1) is 0 Å². The third-order valence-corrected chi connectivity index (χ3v) is 2.92. The highest BCUT2D eigenvalue weighted by molar-refractivity contribution is 5.47. The van der Waals surface area contributed by atoms with Gasteiger partial charge < -0.3 is 9.32 Å². The molecule has 0 aliphatic rings. The van der Waals surface area contributed by atoms with Crippen LogP contribution < -0.4 is 10.5 Å². The molecule has 19 heavy (non-hydrogen) atoms. The van der Waals surface area contributed by atoms with Crippen LogP contribution in [0.25, 0.3) is 5.65 Å². The molecule has 0 N–H and O–H groups in total. The minimum absolute atomic E-state index is 0.0908. The lowest BCUT2D eigenvalue weighted by molar-refractivity contribution is 0.507. The number of hydrogen-bond acceptors (Lipinski definition) is 4. The fraction of sp³-hybridized carbons (Fsp3) is 0.143. The monoisotopic (exact) mass is 255 g/mol. The number of anilines is 1. The molecular formula is C14H13N3O2. The zero-order valence-corrected chi connectivity index (χ0v) is 10.5. The molecule has 0 spiro atoms. The Labute approximate surface area is 109 Å². The van der Waals surface area contributed by atoms with E-state index in [0.717, 1.165) is 5.76 Å². The van der Waals surface area contributed by atoms with Crippen molar-refractivity contribution in [3.8, 4) is 0 Å². The maximum Gasteiger partial charge on any atom is 0.259 e. The fourth-order valence-electron chi connectivity index (χ4n) is 1.95. The minimum atomic E-state index is -0.0908. The summed E-state index contributed by atoms with van der Waals surface area (Å²) in [6.07, 6.45) is 3.34. The molecule has 0 bridgehead atoms. The van der Waals surface area contributed by atoms with E-state index >= 15 is 0 Å². The number of furan rings is 1. The molecule has 0 atom stereocenters. The Kier molecular flexibility index (Phi) is 2.79. The summed E-state index contributed by atoms with van der Waals surface area (Å²) in [5.74, 6) is 1.46. The average molecular weight is 255 g/mol. The van der Waals surface area contributed by atoms with Crippen LogP contribution in [0.3, 0.4) is 0 Å². The summed E-state index contributed by atoms with van der Waals surface area (Å²) >= 11 is 0. The Balaban J connectivity index is 1.98.